The number of allylic oxidation sites excluding steroid dienone is 1. The lowest BCUT2D eigenvalue weighted by Gasteiger charge is -2.05. The summed E-state index contributed by atoms with van der Waals surface area (Å²) in [6.07, 6.45) is 4.67. The van der Waals surface area contributed by atoms with E-state index in [9.17, 15) is 13.2 Å². The van der Waals surface area contributed by atoms with Crippen molar-refractivity contribution in [3.05, 3.63) is 35.9 Å². The fraction of sp³-hybridized carbons (Fsp3) is 0.273. The Kier molecular flexibility index (Phi) is 5.28. The second-order valence-corrected chi connectivity index (χ2v) is 4.62. The molecule has 0 amide bonds. The summed E-state index contributed by atoms with van der Waals surface area (Å²) in [5.74, 6) is 0.762. The lowest BCUT2D eigenvalue weighted by atomic mass is 10.2. The third-order valence-electron chi connectivity index (χ3n) is 1.72. The number of hydrogen-bond donors (Lipinski definition) is 1. The maximum atomic E-state index is 12.0. The average Bonchev–Trinajstić information content (AvgIpc) is 2.19. The number of alkyl halides is 3. The molecule has 88 valence electrons. The second kappa shape index (κ2) is 6.25. The molecule has 0 nitrogen and oxygen atoms in total. The first-order valence-electron chi connectivity index (χ1n) is 4.64. The topological polar surface area (TPSA) is 0 Å². The Morgan fingerprint density at radius 1 is 1.19 bits per heavy atom. The fourth-order valence-corrected chi connectivity index (χ4v) is 1.76. The predicted octanol–water partition coefficient (Wildman–Crippen LogP) is 4.63. The van der Waals surface area contributed by atoms with Crippen molar-refractivity contribution < 1.29 is 13.2 Å². The first-order chi connectivity index (χ1) is 7.51. The van der Waals surface area contributed by atoms with Gasteiger partial charge in [-0.05, 0) is 41.6 Å². The Labute approximate surface area is 102 Å². The molecule has 5 heteroatoms. The molecule has 0 aliphatic heterocycles. The molecule has 0 spiro atoms. The van der Waals surface area contributed by atoms with Crippen molar-refractivity contribution in [2.75, 3.05) is 5.75 Å². The van der Waals surface area contributed by atoms with E-state index in [4.69, 9.17) is 0 Å². The van der Waals surface area contributed by atoms with Gasteiger partial charge in [0.05, 0.1) is 0 Å². The summed E-state index contributed by atoms with van der Waals surface area (Å²) >= 11 is 3.95. The van der Waals surface area contributed by atoms with Gasteiger partial charge in [-0.2, -0.15) is 25.8 Å². The highest BCUT2D eigenvalue weighted by molar-refractivity contribution is 8.00. The van der Waals surface area contributed by atoms with Gasteiger partial charge < -0.3 is 0 Å². The van der Waals surface area contributed by atoms with E-state index in [2.05, 4.69) is 12.6 Å². The van der Waals surface area contributed by atoms with Crippen LogP contribution in [-0.4, -0.2) is 11.3 Å². The zero-order chi connectivity index (χ0) is 12.0. The third kappa shape index (κ3) is 5.51. The van der Waals surface area contributed by atoms with Crippen LogP contribution in [0, 0.1) is 0 Å². The third-order valence-corrected chi connectivity index (χ3v) is 2.72. The van der Waals surface area contributed by atoms with Crippen LogP contribution >= 0.6 is 24.4 Å². The number of halogens is 3. The summed E-state index contributed by atoms with van der Waals surface area (Å²) in [4.78, 5) is 0.207. The van der Waals surface area contributed by atoms with Gasteiger partial charge in [0.2, 0.25) is 0 Å². The second-order valence-electron chi connectivity index (χ2n) is 3.03. The lowest BCUT2D eigenvalue weighted by molar-refractivity contribution is -0.0328. The number of thiol groups is 1. The molecule has 1 rings (SSSR count). The van der Waals surface area contributed by atoms with E-state index in [-0.39, 0.29) is 16.7 Å². The van der Waals surface area contributed by atoms with Crippen LogP contribution in [0.15, 0.2) is 35.2 Å². The molecule has 0 bridgehead atoms. The van der Waals surface area contributed by atoms with Crippen LogP contribution < -0.4 is 0 Å². The van der Waals surface area contributed by atoms with Crippen LogP contribution in [0.3, 0.4) is 0 Å². The molecular weight excluding hydrogens is 253 g/mol. The molecule has 0 aliphatic rings. The van der Waals surface area contributed by atoms with Gasteiger partial charge in [0.15, 0.2) is 0 Å². The Balaban J connectivity index is 2.61. The molecule has 0 heterocycles. The monoisotopic (exact) mass is 264 g/mol. The van der Waals surface area contributed by atoms with Gasteiger partial charge >= 0.3 is 5.51 Å². The van der Waals surface area contributed by atoms with Crippen molar-refractivity contribution in [2.24, 2.45) is 0 Å². The highest BCUT2D eigenvalue weighted by atomic mass is 32.2. The molecule has 0 aromatic heterocycles. The standard InChI is InChI=1S/C11H11F3S2/c12-11(13,14)16-10-6-4-9(5-7-10)3-1-2-8-15/h1,3-7,15H,2,8H2. The van der Waals surface area contributed by atoms with E-state index < -0.39 is 5.51 Å². The molecule has 0 radical (unpaired) electrons. The molecular formula is C11H11F3S2. The minimum atomic E-state index is -4.22. The minimum absolute atomic E-state index is 0.0985. The Morgan fingerprint density at radius 3 is 2.31 bits per heavy atom. The minimum Gasteiger partial charge on any atom is -0.179 e. The molecule has 0 atom stereocenters. The van der Waals surface area contributed by atoms with Gasteiger partial charge in [0.25, 0.3) is 0 Å². The van der Waals surface area contributed by atoms with Crippen molar-refractivity contribution in [3.63, 3.8) is 0 Å². The summed E-state index contributed by atoms with van der Waals surface area (Å²) in [6, 6.07) is 6.28. The molecule has 0 unspecified atom stereocenters. The molecule has 0 saturated heterocycles. The van der Waals surface area contributed by atoms with Crippen molar-refractivity contribution in [2.45, 2.75) is 16.8 Å². The van der Waals surface area contributed by atoms with E-state index in [1.165, 1.54) is 12.1 Å². The fourth-order valence-electron chi connectivity index (χ4n) is 1.07. The number of rotatable bonds is 4. The largest absolute Gasteiger partial charge is 0.446 e. The Morgan fingerprint density at radius 2 is 1.81 bits per heavy atom. The Hall–Kier alpha value is -0.550. The highest BCUT2D eigenvalue weighted by Gasteiger charge is 2.28. The van der Waals surface area contributed by atoms with Gasteiger partial charge in [-0.15, -0.1) is 0 Å². The van der Waals surface area contributed by atoms with Crippen LogP contribution in [0.5, 0.6) is 0 Å². The number of benzene rings is 1. The molecule has 0 N–H and O–H groups in total. The van der Waals surface area contributed by atoms with Crippen LogP contribution in [0.1, 0.15) is 12.0 Å². The molecule has 1 aromatic rings. The molecule has 0 saturated carbocycles. The van der Waals surface area contributed by atoms with Crippen LogP contribution in [-0.2, 0) is 0 Å². The summed E-state index contributed by atoms with van der Waals surface area (Å²) in [6.45, 7) is 0. The van der Waals surface area contributed by atoms with Gasteiger partial charge in [-0.3, -0.25) is 0 Å². The molecule has 0 fully saturated rings. The average molecular weight is 264 g/mol. The van der Waals surface area contributed by atoms with Crippen LogP contribution in [0.4, 0.5) is 13.2 Å². The van der Waals surface area contributed by atoms with Gasteiger partial charge in [-0.1, -0.05) is 24.3 Å². The quantitative estimate of drug-likeness (QED) is 0.611. The molecule has 0 aliphatic carbocycles. The zero-order valence-corrected chi connectivity index (χ0v) is 10.1. The normalized spacial score (nSPS) is 12.2. The van der Waals surface area contributed by atoms with Crippen molar-refractivity contribution in [1.82, 2.24) is 0 Å². The van der Waals surface area contributed by atoms with E-state index in [0.717, 1.165) is 17.7 Å². The van der Waals surface area contributed by atoms with Crippen molar-refractivity contribution in [3.8, 4) is 0 Å². The van der Waals surface area contributed by atoms with Gasteiger partial charge in [0.1, 0.15) is 0 Å². The maximum absolute atomic E-state index is 12.0. The van der Waals surface area contributed by atoms with Crippen molar-refractivity contribution >= 4 is 30.5 Å². The predicted molar refractivity (Wildman–Crippen MR) is 65.9 cm³/mol. The van der Waals surface area contributed by atoms with E-state index in [1.807, 2.05) is 12.2 Å². The number of thioether (sulfide) groups is 1. The summed E-state index contributed by atoms with van der Waals surface area (Å²) in [7, 11) is 0. The molecule has 1 aromatic carbocycles. The van der Waals surface area contributed by atoms with Crippen LogP contribution in [0.25, 0.3) is 6.08 Å². The summed E-state index contributed by atoms with van der Waals surface area (Å²) in [5, 5.41) is 0. The highest BCUT2D eigenvalue weighted by Crippen LogP contribution is 2.36. The SMILES string of the molecule is FC(F)(F)Sc1ccc(C=CCCS)cc1. The maximum Gasteiger partial charge on any atom is 0.446 e. The van der Waals surface area contributed by atoms with E-state index in [1.54, 1.807) is 12.1 Å². The zero-order valence-electron chi connectivity index (χ0n) is 8.37. The smallest absolute Gasteiger partial charge is 0.179 e. The van der Waals surface area contributed by atoms with Crippen LogP contribution in [0.2, 0.25) is 0 Å². The van der Waals surface area contributed by atoms with E-state index in [0.29, 0.717) is 0 Å². The Bertz CT molecular complexity index is 341. The van der Waals surface area contributed by atoms with Gasteiger partial charge in [0, 0.05) is 4.90 Å². The first-order valence-corrected chi connectivity index (χ1v) is 6.09. The number of hydrogen-bond acceptors (Lipinski definition) is 2. The van der Waals surface area contributed by atoms with E-state index >= 15 is 0 Å². The lowest BCUT2D eigenvalue weighted by Crippen LogP contribution is -1.98. The van der Waals surface area contributed by atoms with Gasteiger partial charge in [-0.25, -0.2) is 0 Å². The molecule has 16 heavy (non-hydrogen) atoms. The summed E-state index contributed by atoms with van der Waals surface area (Å²) < 4.78 is 36.1. The first kappa shape index (κ1) is 13.5. The summed E-state index contributed by atoms with van der Waals surface area (Å²) in [5.41, 5.74) is -3.32. The van der Waals surface area contributed by atoms with Crippen molar-refractivity contribution in [1.29, 1.82) is 0 Å².